The molecule has 0 spiro atoms. The normalized spacial score (nSPS) is 19.6. The number of hydrogen-bond acceptors (Lipinski definition) is 16. The highest BCUT2D eigenvalue weighted by molar-refractivity contribution is 6.31. The van der Waals surface area contributed by atoms with Gasteiger partial charge in [0.05, 0.1) is 48.8 Å². The number of allylic oxidation sites excluding steroid dienone is 2. The highest BCUT2D eigenvalue weighted by Crippen LogP contribution is 2.39. The zero-order chi connectivity index (χ0) is 80.1. The first kappa shape index (κ1) is 89.4. The van der Waals surface area contributed by atoms with Gasteiger partial charge >= 0.3 is 12.1 Å². The number of alkyl halides is 3. The number of ether oxygens (including phenoxy) is 2. The molecule has 108 heavy (non-hydrogen) atoms. The van der Waals surface area contributed by atoms with Crippen molar-refractivity contribution < 1.29 is 80.2 Å². The Labute approximate surface area is 641 Å². The monoisotopic (exact) mass is 1540 g/mol. The quantitative estimate of drug-likeness (QED) is 0.0223. The summed E-state index contributed by atoms with van der Waals surface area (Å²) < 4.78 is 53.3. The molecule has 30 heteroatoms. The van der Waals surface area contributed by atoms with Crippen LogP contribution in [0, 0.1) is 23.7 Å². The molecule has 26 nitrogen and oxygen atoms in total. The molecule has 3 aliphatic carbocycles. The second-order valence-corrected chi connectivity index (χ2v) is 31.2. The Morgan fingerprint density at radius 3 is 1.97 bits per heavy atom. The summed E-state index contributed by atoms with van der Waals surface area (Å²) >= 11 is 6.25. The Morgan fingerprint density at radius 1 is 0.778 bits per heavy atom. The van der Waals surface area contributed by atoms with Crippen LogP contribution in [0.1, 0.15) is 188 Å². The number of morpholine rings is 1. The van der Waals surface area contributed by atoms with Gasteiger partial charge in [0, 0.05) is 67.0 Å². The molecule has 6 rings (SSSR count). The number of rotatable bonds is 38. The molecule has 4 N–H and O–H groups in total. The van der Waals surface area contributed by atoms with Crippen molar-refractivity contribution in [3.05, 3.63) is 58.8 Å². The third kappa shape index (κ3) is 22.8. The van der Waals surface area contributed by atoms with E-state index in [2.05, 4.69) is 27.8 Å². The zero-order valence-corrected chi connectivity index (χ0v) is 66.6. The fourth-order valence-electron chi connectivity index (χ4n) is 15.8. The van der Waals surface area contributed by atoms with Crippen LogP contribution in [0.2, 0.25) is 5.02 Å². The van der Waals surface area contributed by atoms with E-state index in [-0.39, 0.29) is 94.2 Å². The van der Waals surface area contributed by atoms with Gasteiger partial charge in [-0.2, -0.15) is 13.2 Å². The van der Waals surface area contributed by atoms with E-state index in [0.29, 0.717) is 63.5 Å². The lowest BCUT2D eigenvalue weighted by atomic mass is 9.84. The fourth-order valence-corrected chi connectivity index (χ4v) is 16.2. The third-order valence-corrected chi connectivity index (χ3v) is 23.3. The predicted molar refractivity (Wildman–Crippen MR) is 401 cm³/mol. The first-order chi connectivity index (χ1) is 51.0. The zero-order valence-electron chi connectivity index (χ0n) is 65.8. The summed E-state index contributed by atoms with van der Waals surface area (Å²) in [4.78, 5) is 188. The highest BCUT2D eigenvalue weighted by atomic mass is 35.5. The van der Waals surface area contributed by atoms with Gasteiger partial charge in [0.2, 0.25) is 59.1 Å². The molecule has 1 aromatic rings. The Bertz CT molecular complexity index is 3360. The van der Waals surface area contributed by atoms with Crippen LogP contribution in [0.15, 0.2) is 42.6 Å². The topological polar surface area (TPSA) is 297 Å². The molecule has 9 atom stereocenters. The summed E-state index contributed by atoms with van der Waals surface area (Å²) in [6.45, 7) is 15.1. The van der Waals surface area contributed by atoms with Gasteiger partial charge in [0.25, 0.3) is 0 Å². The summed E-state index contributed by atoms with van der Waals surface area (Å²) in [5.74, 6) is -7.36. The van der Waals surface area contributed by atoms with Gasteiger partial charge in [-0.15, -0.1) is 0 Å². The van der Waals surface area contributed by atoms with E-state index in [4.69, 9.17) is 21.1 Å². The van der Waals surface area contributed by atoms with Crippen LogP contribution in [0.25, 0.3) is 0 Å². The molecule has 604 valence electrons. The van der Waals surface area contributed by atoms with E-state index in [1.165, 1.54) is 82.7 Å². The fraction of sp³-hybridized carbons (Fsp3) is 0.718. The first-order valence-corrected chi connectivity index (χ1v) is 39.0. The number of halogens is 4. The lowest BCUT2D eigenvalue weighted by Gasteiger charge is -2.45. The van der Waals surface area contributed by atoms with E-state index >= 15 is 14.4 Å². The lowest BCUT2D eigenvalue weighted by molar-refractivity contribution is -0.157. The number of carbonyl (C=O) groups excluding carboxylic acids is 12. The molecule has 1 unspecified atom stereocenters. The number of benzene rings is 1. The Hall–Kier alpha value is -7.50. The molecule has 10 amide bonds. The van der Waals surface area contributed by atoms with Gasteiger partial charge in [-0.1, -0.05) is 122 Å². The van der Waals surface area contributed by atoms with Crippen molar-refractivity contribution in [2.75, 3.05) is 95.3 Å². The van der Waals surface area contributed by atoms with Gasteiger partial charge in [-0.3, -0.25) is 62.4 Å². The first-order valence-electron chi connectivity index (χ1n) is 38.6. The number of nitrogens with zero attached hydrogens (tertiary/aromatic N) is 8. The van der Waals surface area contributed by atoms with Crippen LogP contribution in [0.4, 0.5) is 13.2 Å². The smallest absolute Gasteiger partial charge is 0.417 e. The average molecular weight is 1540 g/mol. The Morgan fingerprint density at radius 2 is 1.42 bits per heavy atom. The second kappa shape index (κ2) is 41.0. The molecule has 2 heterocycles. The maximum absolute atomic E-state index is 16.0. The average Bonchev–Trinajstić information content (AvgIpc) is 1.36. The molecule has 0 radical (unpaired) electrons. The second-order valence-electron chi connectivity index (χ2n) is 30.8. The van der Waals surface area contributed by atoms with Crippen molar-refractivity contribution in [1.82, 2.24) is 60.5 Å². The van der Waals surface area contributed by atoms with Crippen LogP contribution in [-0.4, -0.2) is 259 Å². The maximum Gasteiger partial charge on any atom is 0.417 e. The minimum Gasteiger partial charge on any atom is -0.461 e. The van der Waals surface area contributed by atoms with E-state index in [1.54, 1.807) is 14.0 Å². The van der Waals surface area contributed by atoms with Crippen molar-refractivity contribution in [3.8, 4) is 0 Å². The number of nitrogens with one attached hydrogen (secondary N) is 4. The van der Waals surface area contributed by atoms with Crippen LogP contribution in [0.3, 0.4) is 0 Å². The molecule has 1 aromatic carbocycles. The number of aldehydes is 1. The van der Waals surface area contributed by atoms with E-state index in [1.807, 2.05) is 40.7 Å². The Balaban J connectivity index is 1.37. The van der Waals surface area contributed by atoms with Crippen molar-refractivity contribution in [2.24, 2.45) is 23.7 Å². The lowest BCUT2D eigenvalue weighted by Crippen LogP contribution is -2.69. The number of amides is 10. The van der Waals surface area contributed by atoms with Crippen LogP contribution in [0.5, 0.6) is 0 Å². The van der Waals surface area contributed by atoms with Crippen LogP contribution >= 0.6 is 11.6 Å². The van der Waals surface area contributed by atoms with Gasteiger partial charge in [-0.05, 0) is 140 Å². The minimum atomic E-state index is -4.84. The molecule has 5 aliphatic rings. The number of carbonyl (C=O) groups is 12. The van der Waals surface area contributed by atoms with Crippen molar-refractivity contribution >= 4 is 82.9 Å². The van der Waals surface area contributed by atoms with Crippen LogP contribution < -0.4 is 21.3 Å². The summed E-state index contributed by atoms with van der Waals surface area (Å²) in [5, 5.41) is 11.1. The molecule has 0 aromatic heterocycles. The summed E-state index contributed by atoms with van der Waals surface area (Å²) in [7, 11) is 10.2. The minimum absolute atomic E-state index is 0.0126. The SMILES string of the molecule is C=CCOC(=O)CC[C@@H](C(=O)NC1(C(=O)N(C)[C@H](C(=O)N(C)[C@@H](CC(=O)N(C)[C@H](CC(C)C)C(=O)N/C(=C/C)[C@@H](C)CC)C(=O)N2CCOCC2)C2CCCC2)CCCC1)N(C)C(C=O)(CCc1ccc(C(F)(F)F)c(Cl)c1)NC(=O)CN(C)C(=O)[C@H](CC1CCCCC1)N(C)C(=O)[C@@H]1CCN1C(=O)[C@H](C)NC. The molecule has 3 saturated carbocycles. The van der Waals surface area contributed by atoms with E-state index in [0.717, 1.165) is 61.6 Å². The van der Waals surface area contributed by atoms with Gasteiger partial charge in [-0.25, -0.2) is 0 Å². The number of hydrogen-bond donors (Lipinski definition) is 4. The Kier molecular flexibility index (Phi) is 33.9. The summed E-state index contributed by atoms with van der Waals surface area (Å²) in [5.41, 5.74) is -4.36. The summed E-state index contributed by atoms with van der Waals surface area (Å²) in [6, 6.07) is -4.81. The van der Waals surface area contributed by atoms with Gasteiger partial charge in [0.15, 0.2) is 11.9 Å². The van der Waals surface area contributed by atoms with E-state index < -0.39 is 168 Å². The molecule has 2 aliphatic heterocycles. The molecule has 2 saturated heterocycles. The number of esters is 1. The van der Waals surface area contributed by atoms with Crippen molar-refractivity contribution in [3.63, 3.8) is 0 Å². The number of aryl methyl sites for hydroxylation is 1. The maximum atomic E-state index is 16.0. The van der Waals surface area contributed by atoms with Crippen molar-refractivity contribution in [2.45, 2.75) is 242 Å². The predicted octanol–water partition coefficient (Wildman–Crippen LogP) is 7.04. The van der Waals surface area contributed by atoms with Crippen LogP contribution in [-0.2, 0) is 79.6 Å². The van der Waals surface area contributed by atoms with Gasteiger partial charge < -0.3 is 65.0 Å². The highest BCUT2D eigenvalue weighted by Gasteiger charge is 2.52. The number of likely N-dealkylation sites (N-methyl/N-ethyl adjacent to an activating group) is 7. The molecule has 5 fully saturated rings. The van der Waals surface area contributed by atoms with E-state index in [9.17, 15) is 56.3 Å². The third-order valence-electron chi connectivity index (χ3n) is 23.0. The standard InChI is InChI=1S/C78H120ClF3N12O14/c1-15-41-108-66(98)32-31-59(92(14)77(49-95,37-33-54-29-30-56(57(79)45-54)78(80,81)82)85-64(96)48-87(9)71(102)62(46-53-25-19-18-20-26-53)89(11)72(103)60-34-38-94(60)70(101)52(7)83-8)69(100)86-76(35-23-24-36-76)75(106)91(13)67(55-27-21-22-28-55)74(105)90(12)63(73(104)93-39-42-107-43-40-93)47-65(97)88(10)61(44-50(4)5)68(99)84-58(17-3)51(6)16-2/h15,17,29-30,45,49-53,55,59-63,67,83H,1,16,18-28,31-44,46-48H2,2-14H3,(H,84,99)(H,85,96)(H,86,100)/b58-17+/t51-,52-,59-,60-,61+,62-,63-,67-,77?/m0/s1. The number of likely N-dealkylation sites (tertiary alicyclic amines) is 1. The molecular weight excluding hydrogens is 1420 g/mol. The molecule has 0 bridgehead atoms. The summed E-state index contributed by atoms with van der Waals surface area (Å²) in [6.07, 6.45) is 5.76. The molecular formula is C78H120ClF3N12O14. The largest absolute Gasteiger partial charge is 0.461 e. The van der Waals surface area contributed by atoms with Crippen molar-refractivity contribution in [1.29, 1.82) is 0 Å². The van der Waals surface area contributed by atoms with Gasteiger partial charge in [0.1, 0.15) is 42.4 Å².